The first-order chi connectivity index (χ1) is 16.5. The van der Waals surface area contributed by atoms with Crippen LogP contribution in [0.2, 0.25) is 0 Å². The first-order valence-corrected chi connectivity index (χ1v) is 12.1. The third-order valence-corrected chi connectivity index (χ3v) is 7.18. The second kappa shape index (κ2) is 10.5. The zero-order valence-corrected chi connectivity index (χ0v) is 21.8. The van der Waals surface area contributed by atoms with Crippen LogP contribution in [0.15, 0.2) is 72.0 Å². The summed E-state index contributed by atoms with van der Waals surface area (Å²) in [6.07, 6.45) is 1.89. The Morgan fingerprint density at radius 2 is 1.71 bits per heavy atom. The van der Waals surface area contributed by atoms with Gasteiger partial charge < -0.3 is 14.0 Å². The number of ether oxygens (including phenoxy) is 2. The number of benzene rings is 2. The van der Waals surface area contributed by atoms with Gasteiger partial charge in [-0.2, -0.15) is 0 Å². The van der Waals surface area contributed by atoms with Crippen molar-refractivity contribution in [1.82, 2.24) is 4.57 Å². The summed E-state index contributed by atoms with van der Waals surface area (Å²) in [7, 11) is 0. The maximum Gasteiger partial charge on any atom is 0.330 e. The van der Waals surface area contributed by atoms with E-state index in [1.54, 1.807) is 0 Å². The number of rotatable bonds is 10. The lowest BCUT2D eigenvalue weighted by Gasteiger charge is -2.41. The fourth-order valence-electron chi connectivity index (χ4n) is 4.01. The zero-order valence-electron chi connectivity index (χ0n) is 21.8. The van der Waals surface area contributed by atoms with Gasteiger partial charge in [-0.25, -0.2) is 4.79 Å². The predicted molar refractivity (Wildman–Crippen MR) is 143 cm³/mol. The van der Waals surface area contributed by atoms with Crippen LogP contribution in [0.3, 0.4) is 0 Å². The lowest BCUT2D eigenvalue weighted by Crippen LogP contribution is -2.38. The summed E-state index contributed by atoms with van der Waals surface area (Å²) in [6, 6.07) is 17.7. The number of hydrogen-bond donors (Lipinski definition) is 0. The van der Waals surface area contributed by atoms with Gasteiger partial charge in [-0.3, -0.25) is 4.79 Å². The maximum atomic E-state index is 13.3. The van der Waals surface area contributed by atoms with E-state index in [0.717, 1.165) is 22.2 Å². The molecule has 2 aromatic carbocycles. The fraction of sp³-hybridized carbons (Fsp3) is 0.400. The molecule has 0 spiro atoms. The predicted octanol–water partition coefficient (Wildman–Crippen LogP) is 6.80. The van der Waals surface area contributed by atoms with E-state index in [1.165, 1.54) is 6.08 Å². The van der Waals surface area contributed by atoms with Gasteiger partial charge in [0, 0.05) is 28.5 Å². The van der Waals surface area contributed by atoms with Gasteiger partial charge in [0.15, 0.2) is 0 Å². The van der Waals surface area contributed by atoms with Crippen molar-refractivity contribution in [2.45, 2.75) is 54.0 Å². The molecule has 0 radical (unpaired) electrons. The number of nitrogens with zero attached hydrogens (tertiary/aromatic N) is 1. The molecule has 35 heavy (non-hydrogen) atoms. The van der Waals surface area contributed by atoms with Crippen molar-refractivity contribution in [2.24, 2.45) is 10.8 Å². The van der Waals surface area contributed by atoms with Crippen LogP contribution < -0.4 is 10.3 Å². The van der Waals surface area contributed by atoms with Crippen LogP contribution in [0.4, 0.5) is 0 Å². The van der Waals surface area contributed by atoms with Gasteiger partial charge in [-0.15, -0.1) is 0 Å². The smallest absolute Gasteiger partial charge is 0.330 e. The Labute approximate surface area is 208 Å². The van der Waals surface area contributed by atoms with Crippen LogP contribution in [0.1, 0.15) is 54.0 Å². The molecule has 0 aliphatic heterocycles. The maximum absolute atomic E-state index is 13.3. The lowest BCUT2D eigenvalue weighted by atomic mass is 9.66. The molecular formula is C30H37NO4. The molecule has 186 valence electrons. The van der Waals surface area contributed by atoms with E-state index in [9.17, 15) is 9.59 Å². The molecule has 1 heterocycles. The highest BCUT2D eigenvalue weighted by Crippen LogP contribution is 2.42. The van der Waals surface area contributed by atoms with Crippen molar-refractivity contribution < 1.29 is 14.3 Å². The van der Waals surface area contributed by atoms with Crippen molar-refractivity contribution in [1.29, 1.82) is 0 Å². The highest BCUT2D eigenvalue weighted by atomic mass is 16.5. The molecule has 0 aliphatic rings. The lowest BCUT2D eigenvalue weighted by molar-refractivity contribution is -0.139. The normalized spacial score (nSPS) is 12.1. The van der Waals surface area contributed by atoms with Gasteiger partial charge in [0.25, 0.3) is 5.56 Å². The molecule has 0 unspecified atom stereocenters. The second-order valence-corrected chi connectivity index (χ2v) is 10.6. The molecule has 0 aliphatic carbocycles. The van der Waals surface area contributed by atoms with Gasteiger partial charge >= 0.3 is 5.97 Å². The van der Waals surface area contributed by atoms with Crippen LogP contribution in [0, 0.1) is 10.8 Å². The average Bonchev–Trinajstić information content (AvgIpc) is 2.82. The molecule has 0 amide bonds. The van der Waals surface area contributed by atoms with Crippen molar-refractivity contribution in [3.63, 3.8) is 0 Å². The topological polar surface area (TPSA) is 57.5 Å². The molecule has 0 fully saturated rings. The number of esters is 1. The van der Waals surface area contributed by atoms with Gasteiger partial charge in [0.05, 0.1) is 18.7 Å². The minimum Gasteiger partial charge on any atom is -0.493 e. The zero-order chi connectivity index (χ0) is 25.8. The van der Waals surface area contributed by atoms with Crippen molar-refractivity contribution in [2.75, 3.05) is 13.2 Å². The van der Waals surface area contributed by atoms with Crippen molar-refractivity contribution >= 4 is 16.9 Å². The number of pyridine rings is 1. The molecule has 5 heteroatoms. The number of fused-ring (bicyclic) bond motifs is 1. The first-order valence-electron chi connectivity index (χ1n) is 12.1. The Balaban J connectivity index is 1.87. The van der Waals surface area contributed by atoms with Gasteiger partial charge in [-0.05, 0) is 55.5 Å². The Hall–Kier alpha value is -3.34. The van der Waals surface area contributed by atoms with E-state index in [4.69, 9.17) is 9.47 Å². The minimum atomic E-state index is -0.402. The van der Waals surface area contributed by atoms with Gasteiger partial charge in [-0.1, -0.05) is 64.6 Å². The Kier molecular flexibility index (Phi) is 7.89. The Bertz CT molecular complexity index is 1250. The molecule has 3 aromatic rings. The molecule has 1 aromatic heterocycles. The Morgan fingerprint density at radius 3 is 2.34 bits per heavy atom. The number of carbonyl (C=O) groups excluding carboxylic acids is 1. The molecule has 5 nitrogen and oxygen atoms in total. The summed E-state index contributed by atoms with van der Waals surface area (Å²) in [5.74, 6) is 0.355. The Morgan fingerprint density at radius 1 is 1.03 bits per heavy atom. The third kappa shape index (κ3) is 5.84. The molecule has 0 N–H and O–H groups in total. The van der Waals surface area contributed by atoms with Crippen LogP contribution >= 0.6 is 0 Å². The average molecular weight is 476 g/mol. The summed E-state index contributed by atoms with van der Waals surface area (Å²) in [6.45, 7) is 17.0. The van der Waals surface area contributed by atoms with Crippen molar-refractivity contribution in [3.8, 4) is 16.9 Å². The number of carbonyl (C=O) groups is 1. The van der Waals surface area contributed by atoms with Gasteiger partial charge in [0.1, 0.15) is 5.75 Å². The largest absolute Gasteiger partial charge is 0.493 e. The molecule has 0 saturated carbocycles. The SMILES string of the molecule is C=CC(=O)OCCC(C)(C)C(C)(C)COc1ccc2c(c1)cc(-c1ccccc1)c(=O)n2C(C)C. The summed E-state index contributed by atoms with van der Waals surface area (Å²) in [5.41, 5.74) is 2.16. The molecule has 0 bridgehead atoms. The van der Waals surface area contributed by atoms with Crippen LogP contribution in [-0.2, 0) is 9.53 Å². The number of aromatic nitrogens is 1. The number of hydrogen-bond acceptors (Lipinski definition) is 4. The van der Waals surface area contributed by atoms with E-state index < -0.39 is 5.97 Å². The first kappa shape index (κ1) is 26.3. The third-order valence-electron chi connectivity index (χ3n) is 7.18. The quantitative estimate of drug-likeness (QED) is 0.239. The van der Waals surface area contributed by atoms with E-state index in [-0.39, 0.29) is 22.4 Å². The van der Waals surface area contributed by atoms with Crippen LogP contribution in [0.25, 0.3) is 22.0 Å². The highest BCUT2D eigenvalue weighted by Gasteiger charge is 2.37. The van der Waals surface area contributed by atoms with E-state index in [0.29, 0.717) is 25.2 Å². The van der Waals surface area contributed by atoms with E-state index >= 15 is 0 Å². The highest BCUT2D eigenvalue weighted by molar-refractivity contribution is 5.85. The monoisotopic (exact) mass is 475 g/mol. The fourth-order valence-corrected chi connectivity index (χ4v) is 4.01. The minimum absolute atomic E-state index is 0.00686. The molecule has 3 rings (SSSR count). The van der Waals surface area contributed by atoms with Crippen LogP contribution in [0.5, 0.6) is 5.75 Å². The standard InChI is InChI=1S/C30H37NO4/c1-8-27(32)34-17-16-29(4,5)30(6,7)20-35-24-14-15-26-23(18-24)19-25(22-12-10-9-11-13-22)28(33)31(26)21(2)3/h8-15,18-19,21H,1,16-17,20H2,2-7H3. The summed E-state index contributed by atoms with van der Waals surface area (Å²) < 4.78 is 13.3. The van der Waals surface area contributed by atoms with Crippen molar-refractivity contribution in [3.05, 3.63) is 77.6 Å². The molecule has 0 saturated heterocycles. The second-order valence-electron chi connectivity index (χ2n) is 10.6. The molecule has 0 atom stereocenters. The van der Waals surface area contributed by atoms with E-state index in [2.05, 4.69) is 34.3 Å². The van der Waals surface area contributed by atoms with Crippen LogP contribution in [-0.4, -0.2) is 23.8 Å². The summed E-state index contributed by atoms with van der Waals surface area (Å²) in [5, 5.41) is 0.961. The molecular weight excluding hydrogens is 438 g/mol. The summed E-state index contributed by atoms with van der Waals surface area (Å²) in [4.78, 5) is 24.7. The van der Waals surface area contributed by atoms with Gasteiger partial charge in [0.2, 0.25) is 0 Å². The van der Waals surface area contributed by atoms with E-state index in [1.807, 2.05) is 73.0 Å². The summed E-state index contributed by atoms with van der Waals surface area (Å²) >= 11 is 0.